The molecule has 0 saturated carbocycles. The Balaban J connectivity index is 1.91. The molecule has 0 unspecified atom stereocenters. The standard InChI is InChI=1S/C25H19N/c1-26-24-20(18-10-4-2-5-11-18)14-8-16-22(24)23-17-9-15-21(25(23)26)19-12-6-3-7-13-19/h2-17H,1H3. The van der Waals surface area contributed by atoms with E-state index in [1.807, 2.05) is 0 Å². The van der Waals surface area contributed by atoms with Crippen LogP contribution in [-0.4, -0.2) is 4.57 Å². The first-order chi connectivity index (χ1) is 12.8. The number of hydrogen-bond acceptors (Lipinski definition) is 0. The lowest BCUT2D eigenvalue weighted by molar-refractivity contribution is 1.02. The Kier molecular flexibility index (Phi) is 3.39. The van der Waals surface area contributed by atoms with E-state index in [2.05, 4.69) is 109 Å². The SMILES string of the molecule is Cn1c2c(-c3ccccc3)cccc2c2cccc(-c3ccccc3)c21. The van der Waals surface area contributed by atoms with Crippen LogP contribution in [0.1, 0.15) is 0 Å². The molecule has 124 valence electrons. The first kappa shape index (κ1) is 15.0. The second-order valence-electron chi connectivity index (χ2n) is 6.69. The van der Waals surface area contributed by atoms with Gasteiger partial charge in [-0.3, -0.25) is 0 Å². The van der Waals surface area contributed by atoms with E-state index in [9.17, 15) is 0 Å². The van der Waals surface area contributed by atoms with Gasteiger partial charge >= 0.3 is 0 Å². The fourth-order valence-electron chi connectivity index (χ4n) is 4.06. The summed E-state index contributed by atoms with van der Waals surface area (Å²) < 4.78 is 2.36. The minimum Gasteiger partial charge on any atom is -0.343 e. The second-order valence-corrected chi connectivity index (χ2v) is 6.69. The van der Waals surface area contributed by atoms with Crippen LogP contribution in [0.5, 0.6) is 0 Å². The van der Waals surface area contributed by atoms with Gasteiger partial charge in [-0.2, -0.15) is 0 Å². The number of rotatable bonds is 2. The number of aryl methyl sites for hydroxylation is 1. The molecule has 0 atom stereocenters. The van der Waals surface area contributed by atoms with Gasteiger partial charge in [-0.05, 0) is 11.1 Å². The van der Waals surface area contributed by atoms with E-state index in [0.717, 1.165) is 0 Å². The fraction of sp³-hybridized carbons (Fsp3) is 0.0400. The molecule has 1 aromatic heterocycles. The zero-order chi connectivity index (χ0) is 17.5. The predicted molar refractivity (Wildman–Crippen MR) is 111 cm³/mol. The minimum atomic E-state index is 1.25. The molecule has 0 spiro atoms. The maximum absolute atomic E-state index is 2.36. The van der Waals surface area contributed by atoms with Crippen LogP contribution >= 0.6 is 0 Å². The van der Waals surface area contributed by atoms with E-state index < -0.39 is 0 Å². The number of benzene rings is 4. The van der Waals surface area contributed by atoms with Crippen molar-refractivity contribution in [1.82, 2.24) is 4.57 Å². The molecule has 5 rings (SSSR count). The van der Waals surface area contributed by atoms with E-state index in [0.29, 0.717) is 0 Å². The molecule has 0 amide bonds. The van der Waals surface area contributed by atoms with Gasteiger partial charge in [0, 0.05) is 28.9 Å². The average molecular weight is 333 g/mol. The molecule has 0 bridgehead atoms. The molecule has 0 aliphatic heterocycles. The zero-order valence-electron chi connectivity index (χ0n) is 14.7. The van der Waals surface area contributed by atoms with E-state index in [1.54, 1.807) is 0 Å². The summed E-state index contributed by atoms with van der Waals surface area (Å²) in [5, 5.41) is 2.61. The van der Waals surface area contributed by atoms with E-state index in [1.165, 1.54) is 44.1 Å². The lowest BCUT2D eigenvalue weighted by Crippen LogP contribution is -1.92. The molecule has 26 heavy (non-hydrogen) atoms. The van der Waals surface area contributed by atoms with Crippen LogP contribution in [0.25, 0.3) is 44.1 Å². The minimum absolute atomic E-state index is 1.25. The number of aromatic nitrogens is 1. The third kappa shape index (κ3) is 2.18. The third-order valence-corrected chi connectivity index (χ3v) is 5.20. The summed E-state index contributed by atoms with van der Waals surface area (Å²) in [4.78, 5) is 0. The van der Waals surface area contributed by atoms with Crippen molar-refractivity contribution in [2.75, 3.05) is 0 Å². The van der Waals surface area contributed by atoms with Crippen molar-refractivity contribution in [2.45, 2.75) is 0 Å². The highest BCUT2D eigenvalue weighted by atomic mass is 14.9. The van der Waals surface area contributed by atoms with Crippen LogP contribution in [0.2, 0.25) is 0 Å². The summed E-state index contributed by atoms with van der Waals surface area (Å²) in [5.41, 5.74) is 7.64. The van der Waals surface area contributed by atoms with Gasteiger partial charge in [-0.25, -0.2) is 0 Å². The van der Waals surface area contributed by atoms with E-state index in [-0.39, 0.29) is 0 Å². The van der Waals surface area contributed by atoms with E-state index in [4.69, 9.17) is 0 Å². The van der Waals surface area contributed by atoms with Crippen LogP contribution in [0.15, 0.2) is 97.1 Å². The van der Waals surface area contributed by atoms with Crippen molar-refractivity contribution in [1.29, 1.82) is 0 Å². The number of nitrogens with zero attached hydrogens (tertiary/aromatic N) is 1. The van der Waals surface area contributed by atoms with Crippen LogP contribution < -0.4 is 0 Å². The largest absolute Gasteiger partial charge is 0.343 e. The summed E-state index contributed by atoms with van der Waals surface area (Å²) >= 11 is 0. The van der Waals surface area contributed by atoms with Crippen molar-refractivity contribution in [2.24, 2.45) is 7.05 Å². The van der Waals surface area contributed by atoms with Crippen molar-refractivity contribution < 1.29 is 0 Å². The highest BCUT2D eigenvalue weighted by Crippen LogP contribution is 2.39. The van der Waals surface area contributed by atoms with Gasteiger partial charge in [-0.1, -0.05) is 97.1 Å². The van der Waals surface area contributed by atoms with Crippen molar-refractivity contribution in [3.8, 4) is 22.3 Å². The van der Waals surface area contributed by atoms with Crippen LogP contribution in [0, 0.1) is 0 Å². The second kappa shape index (κ2) is 5.89. The maximum atomic E-state index is 2.36. The molecule has 5 aromatic rings. The Morgan fingerprint density at radius 3 is 1.31 bits per heavy atom. The van der Waals surface area contributed by atoms with Crippen LogP contribution in [0.3, 0.4) is 0 Å². The Labute approximate surface area is 153 Å². The highest BCUT2D eigenvalue weighted by molar-refractivity contribution is 6.16. The number of hydrogen-bond donors (Lipinski definition) is 0. The van der Waals surface area contributed by atoms with Crippen molar-refractivity contribution in [3.63, 3.8) is 0 Å². The summed E-state index contributed by atoms with van der Waals surface area (Å²) in [6, 6.07) is 34.5. The van der Waals surface area contributed by atoms with Gasteiger partial charge < -0.3 is 4.57 Å². The normalized spacial score (nSPS) is 11.3. The Morgan fingerprint density at radius 1 is 0.462 bits per heavy atom. The molecule has 0 fully saturated rings. The van der Waals surface area contributed by atoms with Gasteiger partial charge in [-0.15, -0.1) is 0 Å². The average Bonchev–Trinajstić information content (AvgIpc) is 3.02. The Hall–Kier alpha value is -3.32. The predicted octanol–water partition coefficient (Wildman–Crippen LogP) is 6.67. The summed E-state index contributed by atoms with van der Waals surface area (Å²) in [6.45, 7) is 0. The molecule has 0 aliphatic rings. The van der Waals surface area contributed by atoms with Crippen LogP contribution in [0.4, 0.5) is 0 Å². The van der Waals surface area contributed by atoms with Crippen LogP contribution in [-0.2, 0) is 7.05 Å². The highest BCUT2D eigenvalue weighted by Gasteiger charge is 2.15. The monoisotopic (exact) mass is 333 g/mol. The Morgan fingerprint density at radius 2 is 0.885 bits per heavy atom. The molecule has 0 radical (unpaired) electrons. The molecule has 1 heteroatoms. The quantitative estimate of drug-likeness (QED) is 0.340. The van der Waals surface area contributed by atoms with Gasteiger partial charge in [0.25, 0.3) is 0 Å². The first-order valence-electron chi connectivity index (χ1n) is 8.95. The molecular formula is C25H19N. The molecular weight excluding hydrogens is 314 g/mol. The van der Waals surface area contributed by atoms with Crippen molar-refractivity contribution >= 4 is 21.8 Å². The fourth-order valence-corrected chi connectivity index (χ4v) is 4.06. The molecule has 4 aromatic carbocycles. The lowest BCUT2D eigenvalue weighted by Gasteiger charge is -2.09. The number of para-hydroxylation sites is 2. The Bertz CT molecular complexity index is 1120. The van der Waals surface area contributed by atoms with Gasteiger partial charge in [0.1, 0.15) is 0 Å². The third-order valence-electron chi connectivity index (χ3n) is 5.20. The smallest absolute Gasteiger partial charge is 0.0568 e. The summed E-state index contributed by atoms with van der Waals surface area (Å²) in [5.74, 6) is 0. The van der Waals surface area contributed by atoms with E-state index >= 15 is 0 Å². The first-order valence-corrected chi connectivity index (χ1v) is 8.95. The summed E-state index contributed by atoms with van der Waals surface area (Å²) in [7, 11) is 2.18. The number of fused-ring (bicyclic) bond motifs is 3. The molecule has 1 nitrogen and oxygen atoms in total. The molecule has 0 aliphatic carbocycles. The topological polar surface area (TPSA) is 4.93 Å². The molecule has 0 N–H and O–H groups in total. The van der Waals surface area contributed by atoms with Gasteiger partial charge in [0.2, 0.25) is 0 Å². The van der Waals surface area contributed by atoms with Gasteiger partial charge in [0.15, 0.2) is 0 Å². The maximum Gasteiger partial charge on any atom is 0.0568 e. The molecule has 0 saturated heterocycles. The van der Waals surface area contributed by atoms with Crippen molar-refractivity contribution in [3.05, 3.63) is 97.1 Å². The molecule has 1 heterocycles. The summed E-state index contributed by atoms with van der Waals surface area (Å²) in [6.07, 6.45) is 0. The van der Waals surface area contributed by atoms with Gasteiger partial charge in [0.05, 0.1) is 11.0 Å². The lowest BCUT2D eigenvalue weighted by atomic mass is 10.0. The zero-order valence-corrected chi connectivity index (χ0v) is 14.7.